The summed E-state index contributed by atoms with van der Waals surface area (Å²) in [6, 6.07) is 6.89. The molecule has 1 aromatic rings. The Kier molecular flexibility index (Phi) is 4.02. The summed E-state index contributed by atoms with van der Waals surface area (Å²) < 4.78 is 0. The summed E-state index contributed by atoms with van der Waals surface area (Å²) in [5, 5.41) is 9.47. The summed E-state index contributed by atoms with van der Waals surface area (Å²) in [5.74, 6) is -0.777. The largest absolute Gasteiger partial charge is 0.481 e. The van der Waals surface area contributed by atoms with E-state index >= 15 is 0 Å². The molecular formula is C14H15ClO3. The fraction of sp³-hybridized carbons (Fsp3) is 0.429. The Hall–Kier alpha value is -1.35. The SMILES string of the molecule is O=C(CC1CCC(C(=O)O)C1)c1cccc(Cl)c1. The molecule has 0 saturated heterocycles. The van der Waals surface area contributed by atoms with Crippen molar-refractivity contribution in [3.8, 4) is 0 Å². The lowest BCUT2D eigenvalue weighted by molar-refractivity contribution is -0.141. The molecule has 3 nitrogen and oxygen atoms in total. The first-order valence-electron chi connectivity index (χ1n) is 6.08. The van der Waals surface area contributed by atoms with E-state index in [1.54, 1.807) is 24.3 Å². The average molecular weight is 267 g/mol. The van der Waals surface area contributed by atoms with Gasteiger partial charge >= 0.3 is 5.97 Å². The highest BCUT2D eigenvalue weighted by atomic mass is 35.5. The normalized spacial score (nSPS) is 22.9. The maximum Gasteiger partial charge on any atom is 0.306 e. The molecule has 1 fully saturated rings. The summed E-state index contributed by atoms with van der Waals surface area (Å²) in [6.07, 6.45) is 2.54. The van der Waals surface area contributed by atoms with Crippen molar-refractivity contribution in [3.05, 3.63) is 34.9 Å². The van der Waals surface area contributed by atoms with Gasteiger partial charge < -0.3 is 5.11 Å². The van der Waals surface area contributed by atoms with Crippen molar-refractivity contribution in [1.82, 2.24) is 0 Å². The molecule has 1 aliphatic rings. The highest BCUT2D eigenvalue weighted by molar-refractivity contribution is 6.31. The van der Waals surface area contributed by atoms with Crippen molar-refractivity contribution < 1.29 is 14.7 Å². The molecule has 1 aromatic carbocycles. The summed E-state index contributed by atoms with van der Waals surface area (Å²) in [7, 11) is 0. The van der Waals surface area contributed by atoms with Crippen molar-refractivity contribution in [2.75, 3.05) is 0 Å². The van der Waals surface area contributed by atoms with Crippen LogP contribution < -0.4 is 0 Å². The molecule has 1 aliphatic carbocycles. The van der Waals surface area contributed by atoms with Gasteiger partial charge in [-0.15, -0.1) is 0 Å². The molecule has 4 heteroatoms. The Morgan fingerprint density at radius 2 is 2.11 bits per heavy atom. The first kappa shape index (κ1) is 13.1. The number of halogens is 1. The first-order chi connectivity index (χ1) is 8.56. The Morgan fingerprint density at radius 3 is 2.72 bits per heavy atom. The predicted octanol–water partition coefficient (Wildman–Crippen LogP) is 3.41. The molecule has 96 valence electrons. The minimum Gasteiger partial charge on any atom is -0.481 e. The summed E-state index contributed by atoms with van der Waals surface area (Å²) in [5.41, 5.74) is 0.612. The van der Waals surface area contributed by atoms with E-state index in [1.807, 2.05) is 0 Å². The molecule has 0 amide bonds. The van der Waals surface area contributed by atoms with Crippen LogP contribution in [0.2, 0.25) is 5.02 Å². The van der Waals surface area contributed by atoms with Gasteiger partial charge in [0.05, 0.1) is 5.92 Å². The monoisotopic (exact) mass is 266 g/mol. The van der Waals surface area contributed by atoms with Gasteiger partial charge in [-0.1, -0.05) is 23.7 Å². The lowest BCUT2D eigenvalue weighted by Gasteiger charge is -2.08. The molecule has 18 heavy (non-hydrogen) atoms. The van der Waals surface area contributed by atoms with E-state index in [0.29, 0.717) is 29.8 Å². The molecule has 0 radical (unpaired) electrons. The van der Waals surface area contributed by atoms with Crippen LogP contribution in [0.25, 0.3) is 0 Å². The molecule has 2 unspecified atom stereocenters. The van der Waals surface area contributed by atoms with Gasteiger partial charge in [0, 0.05) is 17.0 Å². The van der Waals surface area contributed by atoms with Crippen LogP contribution in [0.3, 0.4) is 0 Å². The molecule has 2 rings (SSSR count). The predicted molar refractivity (Wildman–Crippen MR) is 68.9 cm³/mol. The van der Waals surface area contributed by atoms with Gasteiger partial charge in [-0.05, 0) is 37.3 Å². The van der Waals surface area contributed by atoms with Crippen molar-refractivity contribution >= 4 is 23.4 Å². The van der Waals surface area contributed by atoms with Crippen LogP contribution in [0.1, 0.15) is 36.0 Å². The minimum absolute atomic E-state index is 0.0496. The second-order valence-electron chi connectivity index (χ2n) is 4.85. The van der Waals surface area contributed by atoms with Gasteiger partial charge in [0.2, 0.25) is 0 Å². The van der Waals surface area contributed by atoms with Crippen LogP contribution in [0, 0.1) is 11.8 Å². The Morgan fingerprint density at radius 1 is 1.33 bits per heavy atom. The van der Waals surface area contributed by atoms with Crippen LogP contribution >= 0.6 is 11.6 Å². The number of aliphatic carboxylic acids is 1. The molecule has 1 N–H and O–H groups in total. The fourth-order valence-corrected chi connectivity index (χ4v) is 2.72. The average Bonchev–Trinajstić information content (AvgIpc) is 2.77. The fourth-order valence-electron chi connectivity index (χ4n) is 2.53. The molecule has 0 bridgehead atoms. The Bertz CT molecular complexity index is 470. The quantitative estimate of drug-likeness (QED) is 0.850. The second-order valence-corrected chi connectivity index (χ2v) is 5.29. The molecule has 0 spiro atoms. The van der Waals surface area contributed by atoms with Crippen molar-refractivity contribution in [1.29, 1.82) is 0 Å². The number of Topliss-reactive ketones (excluding diaryl/α,β-unsaturated/α-hetero) is 1. The smallest absolute Gasteiger partial charge is 0.306 e. The van der Waals surface area contributed by atoms with Crippen molar-refractivity contribution in [3.63, 3.8) is 0 Å². The molecule has 0 aromatic heterocycles. The van der Waals surface area contributed by atoms with E-state index in [1.165, 1.54) is 0 Å². The van der Waals surface area contributed by atoms with E-state index in [9.17, 15) is 9.59 Å². The number of carboxylic acids is 1. The Labute approximate surface area is 111 Å². The Balaban J connectivity index is 1.95. The summed E-state index contributed by atoms with van der Waals surface area (Å²) in [6.45, 7) is 0. The van der Waals surface area contributed by atoms with Crippen LogP contribution in [0.4, 0.5) is 0 Å². The van der Waals surface area contributed by atoms with E-state index < -0.39 is 5.97 Å². The van der Waals surface area contributed by atoms with Gasteiger partial charge in [0.1, 0.15) is 0 Å². The lowest BCUT2D eigenvalue weighted by atomic mass is 9.96. The maximum atomic E-state index is 12.0. The molecule has 0 aliphatic heterocycles. The van der Waals surface area contributed by atoms with E-state index in [4.69, 9.17) is 16.7 Å². The third kappa shape index (κ3) is 3.10. The lowest BCUT2D eigenvalue weighted by Crippen LogP contribution is -2.11. The third-order valence-corrected chi connectivity index (χ3v) is 3.75. The zero-order valence-electron chi connectivity index (χ0n) is 9.93. The van der Waals surface area contributed by atoms with Crippen molar-refractivity contribution in [2.24, 2.45) is 11.8 Å². The van der Waals surface area contributed by atoms with Gasteiger partial charge in [-0.3, -0.25) is 9.59 Å². The molecule has 2 atom stereocenters. The highest BCUT2D eigenvalue weighted by Gasteiger charge is 2.30. The number of carbonyl (C=O) groups is 2. The van der Waals surface area contributed by atoms with Crippen molar-refractivity contribution in [2.45, 2.75) is 25.7 Å². The van der Waals surface area contributed by atoms with Gasteiger partial charge in [-0.25, -0.2) is 0 Å². The molecular weight excluding hydrogens is 252 g/mol. The van der Waals surface area contributed by atoms with Gasteiger partial charge in [-0.2, -0.15) is 0 Å². The number of rotatable bonds is 4. The van der Waals surface area contributed by atoms with Crippen LogP contribution in [0.15, 0.2) is 24.3 Å². The van der Waals surface area contributed by atoms with Crippen LogP contribution in [0.5, 0.6) is 0 Å². The molecule has 1 saturated carbocycles. The summed E-state index contributed by atoms with van der Waals surface area (Å²) >= 11 is 5.84. The second kappa shape index (κ2) is 5.53. The third-order valence-electron chi connectivity index (χ3n) is 3.51. The number of hydrogen-bond donors (Lipinski definition) is 1. The van der Waals surface area contributed by atoms with Crippen LogP contribution in [-0.2, 0) is 4.79 Å². The zero-order chi connectivity index (χ0) is 13.1. The number of ketones is 1. The van der Waals surface area contributed by atoms with E-state index in [2.05, 4.69) is 0 Å². The van der Waals surface area contributed by atoms with E-state index in [0.717, 1.165) is 6.42 Å². The topological polar surface area (TPSA) is 54.4 Å². The number of carbonyl (C=O) groups excluding carboxylic acids is 1. The zero-order valence-corrected chi connectivity index (χ0v) is 10.7. The molecule has 0 heterocycles. The highest BCUT2D eigenvalue weighted by Crippen LogP contribution is 2.34. The number of hydrogen-bond acceptors (Lipinski definition) is 2. The van der Waals surface area contributed by atoms with E-state index in [-0.39, 0.29) is 17.6 Å². The standard InChI is InChI=1S/C14H15ClO3/c15-12-3-1-2-10(8-12)13(16)7-9-4-5-11(6-9)14(17)18/h1-3,8-9,11H,4-7H2,(H,17,18). The minimum atomic E-state index is -0.743. The van der Waals surface area contributed by atoms with Gasteiger partial charge in [0.25, 0.3) is 0 Å². The van der Waals surface area contributed by atoms with Gasteiger partial charge in [0.15, 0.2) is 5.78 Å². The maximum absolute atomic E-state index is 12.0. The number of benzene rings is 1. The number of carboxylic acid groups (broad SMARTS) is 1. The van der Waals surface area contributed by atoms with Crippen LogP contribution in [-0.4, -0.2) is 16.9 Å². The first-order valence-corrected chi connectivity index (χ1v) is 6.45. The summed E-state index contributed by atoms with van der Waals surface area (Å²) in [4.78, 5) is 22.9.